The van der Waals surface area contributed by atoms with Crippen LogP contribution >= 0.6 is 0 Å². The standard InChI is InChI=1S/C14H19F2N3O/c1-8-4-3-5-9(2)19(8)14(20)10-6-11(15)13(18-17)12(16)7-10/h6-9,18H,3-5,17H2,1-2H3/t8-,9+. The van der Waals surface area contributed by atoms with E-state index in [1.807, 2.05) is 19.3 Å². The van der Waals surface area contributed by atoms with Gasteiger partial charge in [0.25, 0.3) is 5.91 Å². The van der Waals surface area contributed by atoms with Gasteiger partial charge in [0, 0.05) is 17.6 Å². The summed E-state index contributed by atoms with van der Waals surface area (Å²) in [5, 5.41) is 0. The second-order valence-corrected chi connectivity index (χ2v) is 5.30. The minimum Gasteiger partial charge on any atom is -0.333 e. The van der Waals surface area contributed by atoms with Gasteiger partial charge < -0.3 is 10.3 Å². The van der Waals surface area contributed by atoms with E-state index in [0.717, 1.165) is 31.4 Å². The molecule has 0 radical (unpaired) electrons. The molecule has 0 bridgehead atoms. The van der Waals surface area contributed by atoms with Gasteiger partial charge in [-0.15, -0.1) is 0 Å². The maximum Gasteiger partial charge on any atom is 0.254 e. The van der Waals surface area contributed by atoms with Crippen molar-refractivity contribution < 1.29 is 13.6 Å². The Morgan fingerprint density at radius 3 is 2.20 bits per heavy atom. The topological polar surface area (TPSA) is 58.4 Å². The van der Waals surface area contributed by atoms with Crippen molar-refractivity contribution in [2.75, 3.05) is 5.43 Å². The SMILES string of the molecule is C[C@@H]1CCC[C@H](C)N1C(=O)c1cc(F)c(NN)c(F)c1. The van der Waals surface area contributed by atoms with E-state index in [-0.39, 0.29) is 23.6 Å². The van der Waals surface area contributed by atoms with Crippen molar-refractivity contribution in [1.82, 2.24) is 4.90 Å². The molecule has 4 nitrogen and oxygen atoms in total. The molecule has 1 heterocycles. The first kappa shape index (κ1) is 14.7. The van der Waals surface area contributed by atoms with Crippen molar-refractivity contribution in [3.8, 4) is 0 Å². The maximum absolute atomic E-state index is 13.7. The number of carbonyl (C=O) groups excluding carboxylic acids is 1. The van der Waals surface area contributed by atoms with Crippen LogP contribution in [-0.4, -0.2) is 22.9 Å². The maximum atomic E-state index is 13.7. The molecule has 1 fully saturated rings. The van der Waals surface area contributed by atoms with Crippen molar-refractivity contribution in [2.45, 2.75) is 45.2 Å². The number of amides is 1. The highest BCUT2D eigenvalue weighted by molar-refractivity contribution is 5.95. The van der Waals surface area contributed by atoms with Crippen LogP contribution in [0.4, 0.5) is 14.5 Å². The lowest BCUT2D eigenvalue weighted by atomic mass is 9.96. The molecule has 20 heavy (non-hydrogen) atoms. The average molecular weight is 283 g/mol. The molecule has 1 amide bonds. The summed E-state index contributed by atoms with van der Waals surface area (Å²) in [5.74, 6) is 2.96. The van der Waals surface area contributed by atoms with Crippen LogP contribution < -0.4 is 11.3 Å². The zero-order valence-corrected chi connectivity index (χ0v) is 11.6. The number of nitrogen functional groups attached to an aromatic ring is 1. The minimum atomic E-state index is -0.867. The number of hydrogen-bond acceptors (Lipinski definition) is 3. The number of anilines is 1. The molecule has 1 aromatic rings. The quantitative estimate of drug-likeness (QED) is 0.648. The molecule has 0 saturated carbocycles. The van der Waals surface area contributed by atoms with E-state index < -0.39 is 17.3 Å². The Kier molecular flexibility index (Phi) is 4.23. The molecule has 1 aliphatic rings. The van der Waals surface area contributed by atoms with E-state index in [2.05, 4.69) is 0 Å². The predicted molar refractivity (Wildman–Crippen MR) is 73.1 cm³/mol. The number of carbonyl (C=O) groups is 1. The van der Waals surface area contributed by atoms with Crippen LogP contribution in [0, 0.1) is 11.6 Å². The van der Waals surface area contributed by atoms with Gasteiger partial charge in [-0.05, 0) is 45.2 Å². The lowest BCUT2D eigenvalue weighted by molar-refractivity contribution is 0.0510. The molecule has 0 aliphatic carbocycles. The van der Waals surface area contributed by atoms with Gasteiger partial charge >= 0.3 is 0 Å². The monoisotopic (exact) mass is 283 g/mol. The first-order chi connectivity index (χ1) is 9.45. The Hall–Kier alpha value is -1.69. The van der Waals surface area contributed by atoms with Gasteiger partial charge in [-0.25, -0.2) is 8.78 Å². The third-order valence-corrected chi connectivity index (χ3v) is 3.86. The zero-order chi connectivity index (χ0) is 14.9. The molecule has 2 atom stereocenters. The summed E-state index contributed by atoms with van der Waals surface area (Å²) in [6.45, 7) is 3.91. The van der Waals surface area contributed by atoms with E-state index in [1.165, 1.54) is 0 Å². The number of nitrogens with zero attached hydrogens (tertiary/aromatic N) is 1. The molecule has 2 rings (SSSR count). The summed E-state index contributed by atoms with van der Waals surface area (Å²) >= 11 is 0. The number of halogens is 2. The van der Waals surface area contributed by atoms with Crippen molar-refractivity contribution in [2.24, 2.45) is 5.84 Å². The van der Waals surface area contributed by atoms with E-state index in [1.54, 1.807) is 4.90 Å². The molecule has 0 spiro atoms. The Morgan fingerprint density at radius 2 is 1.75 bits per heavy atom. The smallest absolute Gasteiger partial charge is 0.254 e. The fourth-order valence-corrected chi connectivity index (χ4v) is 2.81. The lowest BCUT2D eigenvalue weighted by Crippen LogP contribution is -2.47. The van der Waals surface area contributed by atoms with E-state index >= 15 is 0 Å². The molecule has 0 unspecified atom stereocenters. The van der Waals surface area contributed by atoms with Gasteiger partial charge in [0.15, 0.2) is 11.6 Å². The first-order valence-corrected chi connectivity index (χ1v) is 6.74. The molecule has 6 heteroatoms. The number of nitrogens with two attached hydrogens (primary N) is 1. The number of likely N-dealkylation sites (tertiary alicyclic amines) is 1. The third kappa shape index (κ3) is 2.60. The van der Waals surface area contributed by atoms with Crippen molar-refractivity contribution >= 4 is 11.6 Å². The highest BCUT2D eigenvalue weighted by Crippen LogP contribution is 2.26. The lowest BCUT2D eigenvalue weighted by Gasteiger charge is -2.39. The highest BCUT2D eigenvalue weighted by atomic mass is 19.1. The largest absolute Gasteiger partial charge is 0.333 e. The molecule has 110 valence electrons. The first-order valence-electron chi connectivity index (χ1n) is 6.74. The summed E-state index contributed by atoms with van der Waals surface area (Å²) in [5.41, 5.74) is 1.54. The molecular formula is C14H19F2N3O. The summed E-state index contributed by atoms with van der Waals surface area (Å²) in [6.07, 6.45) is 2.87. The normalized spacial score (nSPS) is 22.8. The molecule has 3 N–H and O–H groups in total. The number of hydrogen-bond donors (Lipinski definition) is 2. The van der Waals surface area contributed by atoms with Crippen LogP contribution in [0.1, 0.15) is 43.5 Å². The molecule has 1 saturated heterocycles. The molecule has 0 aromatic heterocycles. The van der Waals surface area contributed by atoms with Crippen LogP contribution in [0.2, 0.25) is 0 Å². The van der Waals surface area contributed by atoms with Gasteiger partial charge in [-0.2, -0.15) is 0 Å². The second-order valence-electron chi connectivity index (χ2n) is 5.30. The number of benzene rings is 1. The number of hydrazine groups is 1. The Bertz CT molecular complexity index is 488. The van der Waals surface area contributed by atoms with Crippen LogP contribution in [-0.2, 0) is 0 Å². The fraction of sp³-hybridized carbons (Fsp3) is 0.500. The minimum absolute atomic E-state index is 0.0135. The Balaban J connectivity index is 2.33. The van der Waals surface area contributed by atoms with Crippen molar-refractivity contribution in [3.63, 3.8) is 0 Å². The van der Waals surface area contributed by atoms with Crippen molar-refractivity contribution in [3.05, 3.63) is 29.3 Å². The predicted octanol–water partition coefficient (Wildman–Crippen LogP) is 2.65. The summed E-state index contributed by atoms with van der Waals surface area (Å²) < 4.78 is 27.4. The van der Waals surface area contributed by atoms with Crippen LogP contribution in [0.5, 0.6) is 0 Å². The van der Waals surface area contributed by atoms with Gasteiger partial charge in [0.05, 0.1) is 0 Å². The molecule has 1 aromatic carbocycles. The highest BCUT2D eigenvalue weighted by Gasteiger charge is 2.30. The second kappa shape index (κ2) is 5.75. The van der Waals surface area contributed by atoms with E-state index in [9.17, 15) is 13.6 Å². The van der Waals surface area contributed by atoms with E-state index in [0.29, 0.717) is 0 Å². The third-order valence-electron chi connectivity index (χ3n) is 3.86. The zero-order valence-electron chi connectivity index (χ0n) is 11.6. The number of rotatable bonds is 2. The van der Waals surface area contributed by atoms with Gasteiger partial charge in [0.1, 0.15) is 5.69 Å². The van der Waals surface area contributed by atoms with Crippen molar-refractivity contribution in [1.29, 1.82) is 0 Å². The van der Waals surface area contributed by atoms with Gasteiger partial charge in [0.2, 0.25) is 0 Å². The van der Waals surface area contributed by atoms with E-state index in [4.69, 9.17) is 5.84 Å². The fourth-order valence-electron chi connectivity index (χ4n) is 2.81. The number of nitrogens with one attached hydrogen (secondary N) is 1. The van der Waals surface area contributed by atoms with Crippen LogP contribution in [0.15, 0.2) is 12.1 Å². The molecular weight excluding hydrogens is 264 g/mol. The van der Waals surface area contributed by atoms with Gasteiger partial charge in [-0.3, -0.25) is 10.6 Å². The van der Waals surface area contributed by atoms with Gasteiger partial charge in [-0.1, -0.05) is 0 Å². The molecule has 1 aliphatic heterocycles. The Labute approximate surface area is 116 Å². The summed E-state index contributed by atoms with van der Waals surface area (Å²) in [6, 6.07) is 2.19. The average Bonchev–Trinajstić information content (AvgIpc) is 2.37. The summed E-state index contributed by atoms with van der Waals surface area (Å²) in [7, 11) is 0. The summed E-state index contributed by atoms with van der Waals surface area (Å²) in [4.78, 5) is 14.2. The van der Waals surface area contributed by atoms with Crippen LogP contribution in [0.25, 0.3) is 0 Å². The Morgan fingerprint density at radius 1 is 1.25 bits per heavy atom. The number of piperidine rings is 1. The van der Waals surface area contributed by atoms with Crippen LogP contribution in [0.3, 0.4) is 0 Å².